The Labute approximate surface area is 72.5 Å². The van der Waals surface area contributed by atoms with Crippen LogP contribution in [0.4, 0.5) is 26.3 Å². The molecule has 0 unspecified atom stereocenters. The van der Waals surface area contributed by atoms with Crippen molar-refractivity contribution in [1.82, 2.24) is 0 Å². The van der Waals surface area contributed by atoms with Crippen LogP contribution in [0.3, 0.4) is 0 Å². The van der Waals surface area contributed by atoms with E-state index in [0.717, 1.165) is 0 Å². The van der Waals surface area contributed by atoms with E-state index >= 15 is 0 Å². The highest BCUT2D eigenvalue weighted by Gasteiger charge is 2.76. The van der Waals surface area contributed by atoms with Gasteiger partial charge in [-0.25, -0.2) is 4.79 Å². The van der Waals surface area contributed by atoms with Crippen molar-refractivity contribution in [2.75, 3.05) is 0 Å². The molecule has 0 heterocycles. The van der Waals surface area contributed by atoms with Crippen LogP contribution in [0.15, 0.2) is 0 Å². The monoisotopic (exact) mass is 221 g/mol. The van der Waals surface area contributed by atoms with Crippen LogP contribution < -0.4 is 0 Å². The number of carboxylic acids is 1. The summed E-state index contributed by atoms with van der Waals surface area (Å²) >= 11 is 0. The van der Waals surface area contributed by atoms with Gasteiger partial charge in [0.1, 0.15) is 6.07 Å². The first-order chi connectivity index (χ1) is 6.00. The fraction of sp³-hybridized carbons (Fsp3) is 0.600. The highest BCUT2D eigenvalue weighted by molar-refractivity contribution is 5.77. The molecule has 0 spiro atoms. The summed E-state index contributed by atoms with van der Waals surface area (Å²) in [5.74, 6) is -21.5. The van der Waals surface area contributed by atoms with E-state index in [9.17, 15) is 31.1 Å². The number of nitriles is 1. The highest BCUT2D eigenvalue weighted by Crippen LogP contribution is 2.45. The second-order valence-corrected chi connectivity index (χ2v) is 2.14. The normalized spacial score (nSPS) is 13.5. The molecule has 0 aliphatic rings. The van der Waals surface area contributed by atoms with Crippen molar-refractivity contribution in [3.05, 3.63) is 0 Å². The first-order valence-corrected chi connectivity index (χ1v) is 2.79. The van der Waals surface area contributed by atoms with E-state index in [1.807, 2.05) is 0 Å². The van der Waals surface area contributed by atoms with Crippen molar-refractivity contribution < 1.29 is 36.2 Å². The maximum absolute atomic E-state index is 12.1. The second kappa shape index (κ2) is 3.04. The zero-order valence-electron chi connectivity index (χ0n) is 6.07. The van der Waals surface area contributed by atoms with Crippen LogP contribution >= 0.6 is 0 Å². The van der Waals surface area contributed by atoms with Crippen LogP contribution in [-0.2, 0) is 4.79 Å². The molecule has 0 aromatic rings. The lowest BCUT2D eigenvalue weighted by Crippen LogP contribution is -2.57. The molecule has 14 heavy (non-hydrogen) atoms. The van der Waals surface area contributed by atoms with Crippen molar-refractivity contribution >= 4 is 5.97 Å². The minimum Gasteiger partial charge on any atom is -0.477 e. The largest absolute Gasteiger partial charge is 0.477 e. The van der Waals surface area contributed by atoms with E-state index in [0.29, 0.717) is 0 Å². The molecular formula is C5HF6NO2. The third-order valence-corrected chi connectivity index (χ3v) is 1.20. The van der Waals surface area contributed by atoms with Gasteiger partial charge in [0.25, 0.3) is 0 Å². The van der Waals surface area contributed by atoms with Crippen molar-refractivity contribution in [2.24, 2.45) is 0 Å². The fourth-order valence-electron chi connectivity index (χ4n) is 0.402. The quantitative estimate of drug-likeness (QED) is 0.734. The van der Waals surface area contributed by atoms with Crippen LogP contribution in [0.5, 0.6) is 0 Å². The SMILES string of the molecule is N#CC(F)(F)C(F)(F)C(F)(F)C(=O)O. The van der Waals surface area contributed by atoms with E-state index in [4.69, 9.17) is 10.4 Å². The summed E-state index contributed by atoms with van der Waals surface area (Å²) in [4.78, 5) is 9.56. The van der Waals surface area contributed by atoms with Gasteiger partial charge in [0.15, 0.2) is 0 Å². The van der Waals surface area contributed by atoms with Gasteiger partial charge in [0.2, 0.25) is 0 Å². The molecule has 0 radical (unpaired) electrons. The standard InChI is InChI=1S/C5HF6NO2/c6-3(7,1-12)5(10,11)4(8,9)2(13)14/h(H,13,14). The van der Waals surface area contributed by atoms with Crippen LogP contribution in [-0.4, -0.2) is 28.8 Å². The maximum Gasteiger partial charge on any atom is 0.411 e. The van der Waals surface area contributed by atoms with Crippen molar-refractivity contribution in [3.8, 4) is 6.07 Å². The topological polar surface area (TPSA) is 61.1 Å². The lowest BCUT2D eigenvalue weighted by molar-refractivity contribution is -0.285. The molecule has 80 valence electrons. The Morgan fingerprint density at radius 1 is 1.14 bits per heavy atom. The van der Waals surface area contributed by atoms with Crippen LogP contribution in [0.2, 0.25) is 0 Å². The predicted octanol–water partition coefficient (Wildman–Crippen LogP) is 1.50. The lowest BCUT2D eigenvalue weighted by atomic mass is 10.1. The van der Waals surface area contributed by atoms with Crippen LogP contribution in [0, 0.1) is 11.3 Å². The first-order valence-electron chi connectivity index (χ1n) is 2.79. The molecule has 0 amide bonds. The van der Waals surface area contributed by atoms with Gasteiger partial charge in [-0.15, -0.1) is 0 Å². The van der Waals surface area contributed by atoms with E-state index in [2.05, 4.69) is 0 Å². The number of aliphatic carboxylic acids is 1. The van der Waals surface area contributed by atoms with E-state index in [-0.39, 0.29) is 6.07 Å². The first kappa shape index (κ1) is 12.5. The predicted molar refractivity (Wildman–Crippen MR) is 28.1 cm³/mol. The third-order valence-electron chi connectivity index (χ3n) is 1.20. The van der Waals surface area contributed by atoms with Crippen molar-refractivity contribution in [2.45, 2.75) is 17.8 Å². The zero-order chi connectivity index (χ0) is 11.8. The molecule has 0 aromatic carbocycles. The van der Waals surface area contributed by atoms with Gasteiger partial charge < -0.3 is 5.11 Å². The molecule has 0 saturated heterocycles. The Hall–Kier alpha value is -1.46. The number of carbonyl (C=O) groups is 1. The molecule has 0 rings (SSSR count). The number of carboxylic acid groups (broad SMARTS) is 1. The van der Waals surface area contributed by atoms with Gasteiger partial charge >= 0.3 is 23.7 Å². The lowest BCUT2D eigenvalue weighted by Gasteiger charge is -2.25. The fourth-order valence-corrected chi connectivity index (χ4v) is 0.402. The molecule has 0 atom stereocenters. The van der Waals surface area contributed by atoms with E-state index in [1.165, 1.54) is 0 Å². The number of rotatable bonds is 3. The van der Waals surface area contributed by atoms with Gasteiger partial charge in [-0.1, -0.05) is 0 Å². The Balaban J connectivity index is 5.38. The molecule has 0 fully saturated rings. The average Bonchev–Trinajstić information content (AvgIpc) is 2.03. The molecule has 9 heteroatoms. The summed E-state index contributed by atoms with van der Waals surface area (Å²) in [6, 6.07) is -0.384. The summed E-state index contributed by atoms with van der Waals surface area (Å²) in [6.07, 6.45) is 0. The van der Waals surface area contributed by atoms with Crippen molar-refractivity contribution in [3.63, 3.8) is 0 Å². The molecule has 0 aliphatic heterocycles. The van der Waals surface area contributed by atoms with Gasteiger partial charge in [0.05, 0.1) is 0 Å². The van der Waals surface area contributed by atoms with Crippen LogP contribution in [0.25, 0.3) is 0 Å². The second-order valence-electron chi connectivity index (χ2n) is 2.14. The number of hydrogen-bond donors (Lipinski definition) is 1. The number of alkyl halides is 6. The van der Waals surface area contributed by atoms with Gasteiger partial charge in [-0.2, -0.15) is 31.6 Å². The van der Waals surface area contributed by atoms with E-state index < -0.39 is 23.7 Å². The summed E-state index contributed by atoms with van der Waals surface area (Å²) < 4.78 is 72.2. The third kappa shape index (κ3) is 1.47. The molecular weight excluding hydrogens is 220 g/mol. The summed E-state index contributed by atoms with van der Waals surface area (Å²) in [5.41, 5.74) is 0. The van der Waals surface area contributed by atoms with E-state index in [1.54, 1.807) is 0 Å². The smallest absolute Gasteiger partial charge is 0.411 e. The van der Waals surface area contributed by atoms with Gasteiger partial charge in [-0.05, 0) is 0 Å². The van der Waals surface area contributed by atoms with Crippen molar-refractivity contribution in [1.29, 1.82) is 5.26 Å². The Morgan fingerprint density at radius 3 is 1.71 bits per heavy atom. The minimum absolute atomic E-state index is 0.384. The molecule has 3 nitrogen and oxygen atoms in total. The minimum atomic E-state index is -6.26. The molecule has 0 aliphatic carbocycles. The maximum atomic E-state index is 12.1. The number of nitrogens with zero attached hydrogens (tertiary/aromatic N) is 1. The van der Waals surface area contributed by atoms with Gasteiger partial charge in [0, 0.05) is 0 Å². The molecule has 0 aromatic heterocycles. The molecule has 1 N–H and O–H groups in total. The van der Waals surface area contributed by atoms with Gasteiger partial charge in [-0.3, -0.25) is 0 Å². The Morgan fingerprint density at radius 2 is 1.50 bits per heavy atom. The highest BCUT2D eigenvalue weighted by atomic mass is 19.3. The Bertz CT molecular complexity index is 293. The summed E-state index contributed by atoms with van der Waals surface area (Å²) in [7, 11) is 0. The number of halogens is 6. The number of hydrogen-bond acceptors (Lipinski definition) is 2. The molecule has 0 bridgehead atoms. The summed E-state index contributed by atoms with van der Waals surface area (Å²) in [5, 5.41) is 15.0. The average molecular weight is 221 g/mol. The molecule has 0 saturated carbocycles. The summed E-state index contributed by atoms with van der Waals surface area (Å²) in [6.45, 7) is 0. The zero-order valence-corrected chi connectivity index (χ0v) is 6.07. The van der Waals surface area contributed by atoms with Crippen LogP contribution in [0.1, 0.15) is 0 Å². The Kier molecular flexibility index (Phi) is 2.72.